The fraction of sp³-hybridized carbons (Fsp3) is 0.222. The van der Waals surface area contributed by atoms with Crippen molar-refractivity contribution in [2.75, 3.05) is 0 Å². The Labute approximate surface area is 65.9 Å². The Balaban J connectivity index is 0.000000281. The highest BCUT2D eigenvalue weighted by atomic mass is 16.3. The third-order valence-electron chi connectivity index (χ3n) is 1.24. The molecule has 0 unspecified atom stereocenters. The topological polar surface area (TPSA) is 26.0 Å². The molecule has 58 valence electrons. The summed E-state index contributed by atoms with van der Waals surface area (Å²) in [6.07, 6.45) is 1.45. The van der Waals surface area contributed by atoms with Gasteiger partial charge in [-0.15, -0.1) is 0 Å². The van der Waals surface area contributed by atoms with Crippen molar-refractivity contribution in [1.29, 1.82) is 0 Å². The zero-order valence-electron chi connectivity index (χ0n) is 6.74. The molecule has 0 spiro atoms. The molecule has 2 aromatic rings. The third-order valence-corrected chi connectivity index (χ3v) is 1.24. The van der Waals surface area contributed by atoms with E-state index >= 15 is 0 Å². The Bertz CT molecular complexity index is 284. The van der Waals surface area contributed by atoms with E-state index in [0.29, 0.717) is 0 Å². The van der Waals surface area contributed by atoms with Crippen molar-refractivity contribution < 1.29 is 4.42 Å². The summed E-state index contributed by atoms with van der Waals surface area (Å²) in [5.74, 6) is 0. The van der Waals surface area contributed by atoms with E-state index in [1.54, 1.807) is 0 Å². The normalized spacial score (nSPS) is 8.91. The smallest absolute Gasteiger partial charge is 0.181 e. The average Bonchev–Trinajstić information content (AvgIpc) is 2.55. The van der Waals surface area contributed by atoms with Crippen molar-refractivity contribution in [3.05, 3.63) is 30.7 Å². The molecule has 0 saturated heterocycles. The van der Waals surface area contributed by atoms with E-state index < -0.39 is 0 Å². The van der Waals surface area contributed by atoms with E-state index in [2.05, 4.69) is 4.98 Å². The molecule has 0 radical (unpaired) electrons. The highest BCUT2D eigenvalue weighted by Gasteiger charge is 1.91. The summed E-state index contributed by atoms with van der Waals surface area (Å²) in [5.41, 5.74) is 1.76. The van der Waals surface area contributed by atoms with Crippen LogP contribution in [-0.4, -0.2) is 4.98 Å². The Morgan fingerprint density at radius 2 is 1.91 bits per heavy atom. The summed E-state index contributed by atoms with van der Waals surface area (Å²) in [5, 5.41) is 0. The number of rotatable bonds is 0. The largest absolute Gasteiger partial charge is 0.443 e. The van der Waals surface area contributed by atoms with Gasteiger partial charge in [-0.3, -0.25) is 0 Å². The van der Waals surface area contributed by atoms with Crippen LogP contribution in [0.15, 0.2) is 35.1 Å². The molecule has 1 heterocycles. The molecule has 0 atom stereocenters. The van der Waals surface area contributed by atoms with Crippen LogP contribution < -0.4 is 0 Å². The summed E-state index contributed by atoms with van der Waals surface area (Å²) in [4.78, 5) is 3.95. The van der Waals surface area contributed by atoms with Gasteiger partial charge in [0.15, 0.2) is 12.0 Å². The molecule has 1 aromatic heterocycles. The minimum atomic E-state index is 0.845. The number of para-hydroxylation sites is 2. The lowest BCUT2D eigenvalue weighted by Gasteiger charge is -1.79. The van der Waals surface area contributed by atoms with Gasteiger partial charge in [0.05, 0.1) is 0 Å². The SMILES string of the molecule is CC.c1ccc2ocnc2c1. The predicted octanol–water partition coefficient (Wildman–Crippen LogP) is 2.85. The van der Waals surface area contributed by atoms with Gasteiger partial charge in [0.1, 0.15) is 5.52 Å². The van der Waals surface area contributed by atoms with Gasteiger partial charge in [-0.25, -0.2) is 4.98 Å². The Morgan fingerprint density at radius 3 is 2.64 bits per heavy atom. The average molecular weight is 149 g/mol. The number of oxazole rings is 1. The van der Waals surface area contributed by atoms with E-state index in [1.807, 2.05) is 38.1 Å². The molecular weight excluding hydrogens is 138 g/mol. The molecular formula is C9H11NO. The number of hydrogen-bond donors (Lipinski definition) is 0. The van der Waals surface area contributed by atoms with Crippen molar-refractivity contribution in [3.63, 3.8) is 0 Å². The van der Waals surface area contributed by atoms with Crippen LogP contribution in [0.4, 0.5) is 0 Å². The van der Waals surface area contributed by atoms with Crippen molar-refractivity contribution in [2.24, 2.45) is 0 Å². The maximum absolute atomic E-state index is 5.01. The van der Waals surface area contributed by atoms with Crippen LogP contribution in [0.25, 0.3) is 11.1 Å². The molecule has 11 heavy (non-hydrogen) atoms. The van der Waals surface area contributed by atoms with Crippen molar-refractivity contribution in [1.82, 2.24) is 4.98 Å². The second-order valence-corrected chi connectivity index (χ2v) is 1.82. The Hall–Kier alpha value is -1.31. The van der Waals surface area contributed by atoms with Gasteiger partial charge in [-0.2, -0.15) is 0 Å². The number of aromatic nitrogens is 1. The fourth-order valence-electron chi connectivity index (χ4n) is 0.803. The molecule has 0 saturated carbocycles. The van der Waals surface area contributed by atoms with E-state index in [4.69, 9.17) is 4.42 Å². The minimum absolute atomic E-state index is 0.845. The maximum atomic E-state index is 5.01. The van der Waals surface area contributed by atoms with Gasteiger partial charge in [0.25, 0.3) is 0 Å². The second kappa shape index (κ2) is 3.76. The minimum Gasteiger partial charge on any atom is -0.443 e. The lowest BCUT2D eigenvalue weighted by atomic mass is 10.3. The summed E-state index contributed by atoms with van der Waals surface area (Å²) in [6, 6.07) is 7.67. The molecule has 0 bridgehead atoms. The zero-order chi connectivity index (χ0) is 8.10. The van der Waals surface area contributed by atoms with Crippen LogP contribution in [0.5, 0.6) is 0 Å². The van der Waals surface area contributed by atoms with Crippen LogP contribution in [0.2, 0.25) is 0 Å². The second-order valence-electron chi connectivity index (χ2n) is 1.82. The lowest BCUT2D eigenvalue weighted by molar-refractivity contribution is 0.602. The Kier molecular flexibility index (Phi) is 2.66. The number of benzene rings is 1. The lowest BCUT2D eigenvalue weighted by Crippen LogP contribution is -1.61. The van der Waals surface area contributed by atoms with Gasteiger partial charge >= 0.3 is 0 Å². The number of nitrogens with zero attached hydrogens (tertiary/aromatic N) is 1. The highest BCUT2D eigenvalue weighted by Crippen LogP contribution is 2.09. The van der Waals surface area contributed by atoms with E-state index in [-0.39, 0.29) is 0 Å². The first-order valence-electron chi connectivity index (χ1n) is 3.75. The molecule has 1 aromatic carbocycles. The van der Waals surface area contributed by atoms with Crippen molar-refractivity contribution in [2.45, 2.75) is 13.8 Å². The molecule has 2 heteroatoms. The third kappa shape index (κ3) is 1.58. The van der Waals surface area contributed by atoms with Gasteiger partial charge < -0.3 is 4.42 Å². The van der Waals surface area contributed by atoms with Crippen LogP contribution in [0.1, 0.15) is 13.8 Å². The summed E-state index contributed by atoms with van der Waals surface area (Å²) in [6.45, 7) is 4.00. The van der Waals surface area contributed by atoms with Gasteiger partial charge in [-0.05, 0) is 12.1 Å². The zero-order valence-corrected chi connectivity index (χ0v) is 6.74. The van der Waals surface area contributed by atoms with Crippen molar-refractivity contribution in [3.8, 4) is 0 Å². The molecule has 2 rings (SSSR count). The standard InChI is InChI=1S/C7H5NO.C2H6/c1-2-4-7-6(3-1)8-5-9-7;1-2/h1-5H;1-2H3. The Morgan fingerprint density at radius 1 is 1.18 bits per heavy atom. The van der Waals surface area contributed by atoms with E-state index in [9.17, 15) is 0 Å². The molecule has 0 aliphatic carbocycles. The maximum Gasteiger partial charge on any atom is 0.181 e. The predicted molar refractivity (Wildman–Crippen MR) is 45.4 cm³/mol. The summed E-state index contributed by atoms with van der Waals surface area (Å²) in [7, 11) is 0. The molecule has 0 aliphatic rings. The van der Waals surface area contributed by atoms with Crippen LogP contribution in [-0.2, 0) is 0 Å². The first-order valence-corrected chi connectivity index (χ1v) is 3.75. The van der Waals surface area contributed by atoms with Gasteiger partial charge in [0, 0.05) is 0 Å². The number of hydrogen-bond acceptors (Lipinski definition) is 2. The quantitative estimate of drug-likeness (QED) is 0.575. The molecule has 2 nitrogen and oxygen atoms in total. The monoisotopic (exact) mass is 149 g/mol. The van der Waals surface area contributed by atoms with E-state index in [1.165, 1.54) is 6.39 Å². The molecule has 0 N–H and O–H groups in total. The molecule has 0 amide bonds. The first kappa shape index (κ1) is 7.79. The summed E-state index contributed by atoms with van der Waals surface area (Å²) >= 11 is 0. The fourth-order valence-corrected chi connectivity index (χ4v) is 0.803. The van der Waals surface area contributed by atoms with Gasteiger partial charge in [0.2, 0.25) is 0 Å². The molecule has 0 aliphatic heterocycles. The van der Waals surface area contributed by atoms with Gasteiger partial charge in [-0.1, -0.05) is 26.0 Å². The van der Waals surface area contributed by atoms with Crippen LogP contribution in [0, 0.1) is 0 Å². The molecule has 0 fully saturated rings. The van der Waals surface area contributed by atoms with Crippen LogP contribution in [0.3, 0.4) is 0 Å². The first-order chi connectivity index (χ1) is 5.47. The van der Waals surface area contributed by atoms with Crippen LogP contribution >= 0.6 is 0 Å². The van der Waals surface area contributed by atoms with Crippen molar-refractivity contribution >= 4 is 11.1 Å². The highest BCUT2D eigenvalue weighted by molar-refractivity contribution is 5.71. The summed E-state index contributed by atoms with van der Waals surface area (Å²) < 4.78 is 5.01. The van der Waals surface area contributed by atoms with E-state index in [0.717, 1.165) is 11.1 Å². The number of fused-ring (bicyclic) bond motifs is 1.